The second kappa shape index (κ2) is 18.6. The molecule has 0 atom stereocenters. The third kappa shape index (κ3) is 17.1. The number of carbonyl (C=O) groups excluding carboxylic acids is 2. The van der Waals surface area contributed by atoms with Crippen molar-refractivity contribution in [2.75, 3.05) is 33.0 Å². The second-order valence-electron chi connectivity index (χ2n) is 6.17. The SMILES string of the molecule is C=CC(=O)OCCCCCOP(=O)(OCCCC)OCCCCCOC(=O)C=C. The minimum Gasteiger partial charge on any atom is -0.463 e. The van der Waals surface area contributed by atoms with Gasteiger partial charge in [0.1, 0.15) is 0 Å². The summed E-state index contributed by atoms with van der Waals surface area (Å²) < 4.78 is 38.6. The highest BCUT2D eigenvalue weighted by Crippen LogP contribution is 2.49. The maximum absolute atomic E-state index is 12.7. The highest BCUT2D eigenvalue weighted by molar-refractivity contribution is 7.48. The van der Waals surface area contributed by atoms with Crippen LogP contribution in [0.1, 0.15) is 58.3 Å². The predicted octanol–water partition coefficient (Wildman–Crippen LogP) is 4.74. The Morgan fingerprint density at radius 3 is 1.45 bits per heavy atom. The van der Waals surface area contributed by atoms with Crippen LogP contribution in [0.15, 0.2) is 25.3 Å². The number of esters is 2. The Hall–Kier alpha value is -1.47. The van der Waals surface area contributed by atoms with Crippen LogP contribution in [0.3, 0.4) is 0 Å². The summed E-state index contributed by atoms with van der Waals surface area (Å²) >= 11 is 0. The first kappa shape index (κ1) is 27.5. The molecule has 0 fully saturated rings. The number of hydrogen-bond donors (Lipinski definition) is 0. The van der Waals surface area contributed by atoms with Crippen molar-refractivity contribution >= 4 is 19.8 Å². The van der Waals surface area contributed by atoms with Crippen LogP contribution >= 0.6 is 7.82 Å². The minimum atomic E-state index is -3.60. The third-order valence-corrected chi connectivity index (χ3v) is 5.14. The van der Waals surface area contributed by atoms with E-state index in [-0.39, 0.29) is 13.2 Å². The van der Waals surface area contributed by atoms with Gasteiger partial charge in [0.05, 0.1) is 33.0 Å². The van der Waals surface area contributed by atoms with E-state index < -0.39 is 19.8 Å². The molecule has 0 aliphatic rings. The highest BCUT2D eigenvalue weighted by atomic mass is 31.2. The van der Waals surface area contributed by atoms with Gasteiger partial charge in [-0.3, -0.25) is 13.6 Å². The van der Waals surface area contributed by atoms with Gasteiger partial charge < -0.3 is 9.47 Å². The van der Waals surface area contributed by atoms with Gasteiger partial charge in [-0.25, -0.2) is 14.2 Å². The number of rotatable bonds is 20. The van der Waals surface area contributed by atoms with Crippen molar-refractivity contribution < 1.29 is 37.2 Å². The van der Waals surface area contributed by atoms with Crippen LogP contribution in [-0.2, 0) is 37.2 Å². The lowest BCUT2D eigenvalue weighted by molar-refractivity contribution is -0.138. The monoisotopic (exact) mass is 434 g/mol. The van der Waals surface area contributed by atoms with E-state index in [4.69, 9.17) is 23.0 Å². The maximum Gasteiger partial charge on any atom is 0.474 e. The normalized spacial score (nSPS) is 11.1. The second-order valence-corrected chi connectivity index (χ2v) is 7.83. The fourth-order valence-electron chi connectivity index (χ4n) is 2.01. The van der Waals surface area contributed by atoms with Gasteiger partial charge in [-0.05, 0) is 44.9 Å². The number of ether oxygens (including phenoxy) is 2. The van der Waals surface area contributed by atoms with Gasteiger partial charge in [-0.1, -0.05) is 26.5 Å². The van der Waals surface area contributed by atoms with Gasteiger partial charge in [0.25, 0.3) is 0 Å². The summed E-state index contributed by atoms with van der Waals surface area (Å²) in [7, 11) is -3.60. The van der Waals surface area contributed by atoms with E-state index in [2.05, 4.69) is 13.2 Å². The van der Waals surface area contributed by atoms with Crippen molar-refractivity contribution in [3.63, 3.8) is 0 Å². The zero-order valence-corrected chi connectivity index (χ0v) is 18.4. The van der Waals surface area contributed by atoms with Gasteiger partial charge in [-0.2, -0.15) is 0 Å². The number of phosphoric ester groups is 1. The molecule has 168 valence electrons. The Labute approximate surface area is 174 Å². The Morgan fingerprint density at radius 2 is 1.07 bits per heavy atom. The molecule has 0 saturated carbocycles. The first-order valence-corrected chi connectivity index (χ1v) is 11.6. The summed E-state index contributed by atoms with van der Waals surface area (Å²) in [5.74, 6) is -0.885. The summed E-state index contributed by atoms with van der Waals surface area (Å²) in [6.07, 6.45) is 8.08. The fourth-order valence-corrected chi connectivity index (χ4v) is 3.29. The van der Waals surface area contributed by atoms with Crippen LogP contribution in [0, 0.1) is 0 Å². The van der Waals surface area contributed by atoms with Gasteiger partial charge in [0, 0.05) is 12.2 Å². The first-order chi connectivity index (χ1) is 14.0. The van der Waals surface area contributed by atoms with Gasteiger partial charge in [0.2, 0.25) is 0 Å². The van der Waals surface area contributed by atoms with Crippen molar-refractivity contribution in [2.24, 2.45) is 0 Å². The molecule has 0 rings (SSSR count). The number of carbonyl (C=O) groups is 2. The van der Waals surface area contributed by atoms with E-state index >= 15 is 0 Å². The molecule has 0 aliphatic heterocycles. The summed E-state index contributed by atoms with van der Waals surface area (Å²) in [5, 5.41) is 0. The Morgan fingerprint density at radius 1 is 0.690 bits per heavy atom. The van der Waals surface area contributed by atoms with E-state index in [1.165, 1.54) is 0 Å². The molecule has 0 unspecified atom stereocenters. The lowest BCUT2D eigenvalue weighted by Crippen LogP contribution is -2.06. The molecule has 0 heterocycles. The van der Waals surface area contributed by atoms with E-state index in [0.29, 0.717) is 45.5 Å². The quantitative estimate of drug-likeness (QED) is 0.117. The van der Waals surface area contributed by atoms with Gasteiger partial charge >= 0.3 is 19.8 Å². The molecule has 0 bridgehead atoms. The average Bonchev–Trinajstić information content (AvgIpc) is 2.72. The third-order valence-electron chi connectivity index (χ3n) is 3.65. The smallest absolute Gasteiger partial charge is 0.463 e. The molecular weight excluding hydrogens is 399 g/mol. The maximum atomic E-state index is 12.7. The molecule has 0 amide bonds. The molecule has 0 saturated heterocycles. The summed E-state index contributed by atoms with van der Waals surface area (Å²) in [5.41, 5.74) is 0. The summed E-state index contributed by atoms with van der Waals surface area (Å²) in [4.78, 5) is 21.8. The van der Waals surface area contributed by atoms with Crippen molar-refractivity contribution in [1.82, 2.24) is 0 Å². The Bertz CT molecular complexity index is 483. The first-order valence-electron chi connectivity index (χ1n) is 10.1. The number of hydrogen-bond acceptors (Lipinski definition) is 8. The van der Waals surface area contributed by atoms with Crippen LogP contribution in [0.4, 0.5) is 0 Å². The highest BCUT2D eigenvalue weighted by Gasteiger charge is 2.26. The van der Waals surface area contributed by atoms with Gasteiger partial charge in [0.15, 0.2) is 0 Å². The topological polar surface area (TPSA) is 97.4 Å². The summed E-state index contributed by atoms with van der Waals surface area (Å²) in [6.45, 7) is 10.1. The zero-order valence-electron chi connectivity index (χ0n) is 17.5. The largest absolute Gasteiger partial charge is 0.474 e. The van der Waals surface area contributed by atoms with Crippen LogP contribution < -0.4 is 0 Å². The molecule has 0 aromatic heterocycles. The molecule has 29 heavy (non-hydrogen) atoms. The molecule has 0 aliphatic carbocycles. The zero-order chi connectivity index (χ0) is 21.8. The molecular formula is C20H35O8P. The molecule has 9 heteroatoms. The molecule has 0 spiro atoms. The molecule has 8 nitrogen and oxygen atoms in total. The van der Waals surface area contributed by atoms with E-state index in [1.807, 2.05) is 6.92 Å². The average molecular weight is 434 g/mol. The Kier molecular flexibility index (Phi) is 17.6. The van der Waals surface area contributed by atoms with Crippen molar-refractivity contribution in [3.8, 4) is 0 Å². The fraction of sp³-hybridized carbons (Fsp3) is 0.700. The van der Waals surface area contributed by atoms with Crippen molar-refractivity contribution in [1.29, 1.82) is 0 Å². The van der Waals surface area contributed by atoms with Crippen LogP contribution in [0.5, 0.6) is 0 Å². The van der Waals surface area contributed by atoms with E-state index in [1.54, 1.807) is 0 Å². The van der Waals surface area contributed by atoms with Crippen LogP contribution in [0.2, 0.25) is 0 Å². The molecule has 0 aromatic carbocycles. The van der Waals surface area contributed by atoms with E-state index in [9.17, 15) is 14.2 Å². The van der Waals surface area contributed by atoms with E-state index in [0.717, 1.165) is 37.8 Å². The lowest BCUT2D eigenvalue weighted by atomic mass is 10.2. The molecule has 0 aromatic rings. The standard InChI is InChI=1S/C20H35O8P/c1-4-7-16-26-29(23,27-17-12-8-10-14-24-19(21)5-2)28-18-13-9-11-15-25-20(22)6-3/h5-6H,2-4,7-18H2,1H3. The van der Waals surface area contributed by atoms with Crippen molar-refractivity contribution in [3.05, 3.63) is 25.3 Å². The van der Waals surface area contributed by atoms with Crippen molar-refractivity contribution in [2.45, 2.75) is 58.3 Å². The molecule has 0 N–H and O–H groups in total. The Balaban J connectivity index is 4.02. The minimum absolute atomic E-state index is 0.232. The lowest BCUT2D eigenvalue weighted by Gasteiger charge is -2.18. The molecule has 0 radical (unpaired) electrons. The number of unbranched alkanes of at least 4 members (excludes halogenated alkanes) is 5. The summed E-state index contributed by atoms with van der Waals surface area (Å²) in [6, 6.07) is 0. The number of phosphoric acid groups is 1. The van der Waals surface area contributed by atoms with Crippen LogP contribution in [-0.4, -0.2) is 45.0 Å². The predicted molar refractivity (Wildman–Crippen MR) is 110 cm³/mol. The van der Waals surface area contributed by atoms with Crippen LogP contribution in [0.25, 0.3) is 0 Å². The van der Waals surface area contributed by atoms with Gasteiger partial charge in [-0.15, -0.1) is 0 Å².